The van der Waals surface area contributed by atoms with Gasteiger partial charge in [-0.05, 0) is 42.4 Å². The Balaban J connectivity index is 1.66. The van der Waals surface area contributed by atoms with Crippen LogP contribution in [-0.2, 0) is 14.4 Å². The Kier molecular flexibility index (Phi) is 5.82. The van der Waals surface area contributed by atoms with Gasteiger partial charge in [-0.3, -0.25) is 19.3 Å². The summed E-state index contributed by atoms with van der Waals surface area (Å²) in [7, 11) is 0. The van der Waals surface area contributed by atoms with E-state index in [1.165, 1.54) is 0 Å². The Bertz CT molecular complexity index is 787. The third-order valence-corrected chi connectivity index (χ3v) is 5.64. The average molecular weight is 385 g/mol. The Morgan fingerprint density at radius 3 is 2.32 bits per heavy atom. The minimum Gasteiger partial charge on any atom is -0.325 e. The van der Waals surface area contributed by atoms with Gasteiger partial charge < -0.3 is 5.32 Å². The molecule has 7 heteroatoms. The maximum Gasteiger partial charge on any atom is 0.334 e. The second kappa shape index (κ2) is 8.12. The zero-order valence-corrected chi connectivity index (χ0v) is 16.6. The Morgan fingerprint density at radius 2 is 1.71 bits per heavy atom. The van der Waals surface area contributed by atoms with Crippen molar-refractivity contribution >= 4 is 29.4 Å². The van der Waals surface area contributed by atoms with Crippen molar-refractivity contribution < 1.29 is 19.2 Å². The molecule has 3 rings (SSSR count). The maximum atomic E-state index is 12.7. The van der Waals surface area contributed by atoms with Crippen LogP contribution in [0.3, 0.4) is 0 Å². The Morgan fingerprint density at radius 1 is 1.07 bits per heavy atom. The van der Waals surface area contributed by atoms with E-state index in [4.69, 9.17) is 0 Å². The molecule has 0 spiro atoms. The number of anilines is 1. The first-order valence-electron chi connectivity index (χ1n) is 9.88. The van der Waals surface area contributed by atoms with Gasteiger partial charge in [0.2, 0.25) is 5.91 Å². The Labute approximate surface area is 165 Å². The molecule has 1 saturated carbocycles. The van der Waals surface area contributed by atoms with Gasteiger partial charge in [0, 0.05) is 11.7 Å². The number of imide groups is 2. The summed E-state index contributed by atoms with van der Waals surface area (Å²) in [6.07, 6.45) is 3.60. The van der Waals surface area contributed by atoms with Crippen LogP contribution in [-0.4, -0.2) is 46.1 Å². The van der Waals surface area contributed by atoms with Crippen molar-refractivity contribution in [1.82, 2.24) is 9.80 Å². The van der Waals surface area contributed by atoms with Gasteiger partial charge in [-0.1, -0.05) is 45.7 Å². The number of nitrogens with one attached hydrogen (secondary N) is 1. The summed E-state index contributed by atoms with van der Waals surface area (Å²) in [5.41, 5.74) is 1.73. The molecule has 150 valence electrons. The number of hydrogen-bond acceptors (Lipinski definition) is 4. The summed E-state index contributed by atoms with van der Waals surface area (Å²) in [6, 6.07) is 6.45. The number of nitrogens with zero attached hydrogens (tertiary/aromatic N) is 2. The summed E-state index contributed by atoms with van der Waals surface area (Å²) in [5, 5.41) is 2.68. The van der Waals surface area contributed by atoms with Crippen LogP contribution >= 0.6 is 0 Å². The topological polar surface area (TPSA) is 86.8 Å². The third-order valence-electron chi connectivity index (χ3n) is 5.64. The van der Waals surface area contributed by atoms with Gasteiger partial charge in [0.1, 0.15) is 6.54 Å². The van der Waals surface area contributed by atoms with Gasteiger partial charge in [-0.15, -0.1) is 0 Å². The summed E-state index contributed by atoms with van der Waals surface area (Å²) < 4.78 is 0. The normalized spacial score (nSPS) is 22.9. The van der Waals surface area contributed by atoms with E-state index in [1.54, 1.807) is 12.1 Å². The molecule has 5 amide bonds. The molecular weight excluding hydrogens is 358 g/mol. The van der Waals surface area contributed by atoms with Crippen LogP contribution in [0.5, 0.6) is 0 Å². The number of carbonyl (C=O) groups excluding carboxylic acids is 4. The van der Waals surface area contributed by atoms with Crippen LogP contribution < -0.4 is 5.32 Å². The second-order valence-electron chi connectivity index (χ2n) is 8.00. The number of urea groups is 1. The highest BCUT2D eigenvalue weighted by atomic mass is 16.2. The fourth-order valence-corrected chi connectivity index (χ4v) is 3.93. The predicted octanol–water partition coefficient (Wildman–Crippen LogP) is 3.12. The molecule has 0 aromatic heterocycles. The minimum atomic E-state index is -0.923. The van der Waals surface area contributed by atoms with Crippen molar-refractivity contribution in [2.24, 2.45) is 5.92 Å². The van der Waals surface area contributed by atoms with E-state index >= 15 is 0 Å². The first-order chi connectivity index (χ1) is 13.3. The first kappa shape index (κ1) is 20.0. The molecule has 1 N–H and O–H groups in total. The van der Waals surface area contributed by atoms with E-state index in [9.17, 15) is 19.2 Å². The standard InChI is InChI=1S/C21H27N3O4/c1-13(2)15-8-10-16(11-9-15)22-18(25)12-23-19(26)20(27)24(21(23)28)17-7-5-4-6-14(17)3/h8-11,13-14,17H,4-7,12H2,1-3H3,(H,22,25)/t14-,17-/m0/s1. The lowest BCUT2D eigenvalue weighted by atomic mass is 9.85. The lowest BCUT2D eigenvalue weighted by Gasteiger charge is -2.34. The highest BCUT2D eigenvalue weighted by Crippen LogP contribution is 2.31. The third kappa shape index (κ3) is 3.93. The molecule has 28 heavy (non-hydrogen) atoms. The van der Waals surface area contributed by atoms with Gasteiger partial charge in [0.15, 0.2) is 0 Å². The fraction of sp³-hybridized carbons (Fsp3) is 0.524. The smallest absolute Gasteiger partial charge is 0.325 e. The molecular formula is C21H27N3O4. The predicted molar refractivity (Wildman–Crippen MR) is 105 cm³/mol. The van der Waals surface area contributed by atoms with Crippen LogP contribution in [0.4, 0.5) is 10.5 Å². The zero-order chi connectivity index (χ0) is 20.4. The van der Waals surface area contributed by atoms with Gasteiger partial charge >= 0.3 is 17.8 Å². The number of rotatable bonds is 5. The van der Waals surface area contributed by atoms with Crippen LogP contribution in [0.2, 0.25) is 0 Å². The summed E-state index contributed by atoms with van der Waals surface area (Å²) in [6.45, 7) is 5.68. The van der Waals surface area contributed by atoms with Crippen LogP contribution in [0, 0.1) is 5.92 Å². The molecule has 7 nitrogen and oxygen atoms in total. The second-order valence-corrected chi connectivity index (χ2v) is 8.00. The van der Waals surface area contributed by atoms with Crippen LogP contribution in [0.15, 0.2) is 24.3 Å². The molecule has 0 unspecified atom stereocenters. The van der Waals surface area contributed by atoms with E-state index in [-0.39, 0.29) is 12.0 Å². The van der Waals surface area contributed by atoms with E-state index < -0.39 is 30.3 Å². The molecule has 0 bridgehead atoms. The summed E-state index contributed by atoms with van der Waals surface area (Å²) >= 11 is 0. The lowest BCUT2D eigenvalue weighted by Crippen LogP contribution is -2.46. The molecule has 2 atom stereocenters. The van der Waals surface area contributed by atoms with Gasteiger partial charge in [0.25, 0.3) is 0 Å². The first-order valence-corrected chi connectivity index (χ1v) is 9.88. The monoisotopic (exact) mass is 385 g/mol. The SMILES string of the molecule is CC(C)c1ccc(NC(=O)CN2C(=O)C(=O)N([C@H]3CCCC[C@@H]3C)C2=O)cc1. The molecule has 1 saturated heterocycles. The van der Waals surface area contributed by atoms with E-state index in [0.717, 1.165) is 34.6 Å². The average Bonchev–Trinajstić information content (AvgIpc) is 2.86. The number of carbonyl (C=O) groups is 4. The largest absolute Gasteiger partial charge is 0.334 e. The number of hydrogen-bond donors (Lipinski definition) is 1. The van der Waals surface area contributed by atoms with Crippen LogP contribution in [0.1, 0.15) is 57.9 Å². The van der Waals surface area contributed by atoms with Crippen molar-refractivity contribution in [3.8, 4) is 0 Å². The Hall–Kier alpha value is -2.70. The van der Waals surface area contributed by atoms with Gasteiger partial charge in [-0.25, -0.2) is 9.69 Å². The summed E-state index contributed by atoms with van der Waals surface area (Å²) in [4.78, 5) is 51.6. The maximum absolute atomic E-state index is 12.7. The highest BCUT2D eigenvalue weighted by Gasteiger charge is 2.49. The van der Waals surface area contributed by atoms with Gasteiger partial charge in [0.05, 0.1) is 0 Å². The van der Waals surface area contributed by atoms with Gasteiger partial charge in [-0.2, -0.15) is 0 Å². The molecule has 1 aliphatic carbocycles. The van der Waals surface area contributed by atoms with E-state index in [2.05, 4.69) is 19.2 Å². The molecule has 2 fully saturated rings. The number of amides is 5. The van der Waals surface area contributed by atoms with E-state index in [1.807, 2.05) is 19.1 Å². The molecule has 2 aliphatic rings. The molecule has 1 heterocycles. The molecule has 1 aliphatic heterocycles. The van der Waals surface area contributed by atoms with Crippen molar-refractivity contribution in [3.63, 3.8) is 0 Å². The van der Waals surface area contributed by atoms with E-state index in [0.29, 0.717) is 18.0 Å². The van der Waals surface area contributed by atoms with Crippen LogP contribution in [0.25, 0.3) is 0 Å². The number of benzene rings is 1. The zero-order valence-electron chi connectivity index (χ0n) is 16.6. The minimum absolute atomic E-state index is 0.155. The highest BCUT2D eigenvalue weighted by molar-refractivity contribution is 6.45. The van der Waals surface area contributed by atoms with Crippen molar-refractivity contribution in [3.05, 3.63) is 29.8 Å². The quantitative estimate of drug-likeness (QED) is 0.623. The molecule has 0 radical (unpaired) electrons. The van der Waals surface area contributed by atoms with Crippen molar-refractivity contribution in [1.29, 1.82) is 0 Å². The molecule has 1 aromatic rings. The van der Waals surface area contributed by atoms with Crippen molar-refractivity contribution in [2.45, 2.75) is 58.4 Å². The summed E-state index contributed by atoms with van der Waals surface area (Å²) in [5.74, 6) is -1.72. The van der Waals surface area contributed by atoms with Crippen molar-refractivity contribution in [2.75, 3.05) is 11.9 Å². The fourth-order valence-electron chi connectivity index (χ4n) is 3.93. The lowest BCUT2D eigenvalue weighted by molar-refractivity contribution is -0.145. The molecule has 1 aromatic carbocycles.